The average Bonchev–Trinajstić information content (AvgIpc) is 2.54. The molecule has 0 fully saturated rings. The van der Waals surface area contributed by atoms with Gasteiger partial charge in [-0.25, -0.2) is 8.42 Å². The Kier molecular flexibility index (Phi) is 6.17. The van der Waals surface area contributed by atoms with Gasteiger partial charge in [-0.15, -0.1) is 0 Å². The number of diazo groups is 1. The van der Waals surface area contributed by atoms with E-state index in [1.165, 1.54) is 6.08 Å². The molecule has 0 saturated heterocycles. The fourth-order valence-corrected chi connectivity index (χ4v) is 2.26. The minimum Gasteiger partial charge on any atom is -0.747 e. The maximum absolute atomic E-state index is 10.6. The fourth-order valence-electron chi connectivity index (χ4n) is 1.58. The van der Waals surface area contributed by atoms with Crippen molar-refractivity contribution in [2.24, 2.45) is 5.73 Å². The molecule has 1 unspecified atom stereocenters. The maximum atomic E-state index is 10.6. The molecule has 9 nitrogen and oxygen atoms in total. The molecule has 10 heteroatoms. The summed E-state index contributed by atoms with van der Waals surface area (Å²) in [6.45, 7) is 0. The van der Waals surface area contributed by atoms with Crippen LogP contribution in [-0.4, -0.2) is 35.8 Å². The zero-order valence-corrected chi connectivity index (χ0v) is 12.8. The molecule has 0 amide bonds. The summed E-state index contributed by atoms with van der Waals surface area (Å²) in [6.07, 6.45) is 3.47. The molecule has 0 spiro atoms. The highest BCUT2D eigenvalue weighted by molar-refractivity contribution is 7.87. The number of allylic oxidation sites excluding steroid dienone is 2. The number of benzene rings is 1. The van der Waals surface area contributed by atoms with E-state index in [9.17, 15) is 13.0 Å². The minimum absolute atomic E-state index is 0.229. The standard InChI is InChI=1S/C7H7N2O.C6H7N3O3S/c1-10-7-4-2-6(9-8)3-5-7;7-4-1-2-6(13(10,11)12)5(3-4)9-8/h2-5H,1H3;1-3,6H,7H2,(H,10,11,12)/q+1;/p-1. The van der Waals surface area contributed by atoms with Gasteiger partial charge in [0.15, 0.2) is 10.2 Å². The third kappa shape index (κ3) is 5.37. The molecule has 1 aromatic rings. The summed E-state index contributed by atoms with van der Waals surface area (Å²) in [7, 11) is -2.95. The summed E-state index contributed by atoms with van der Waals surface area (Å²) in [5.41, 5.74) is 14.2. The zero-order valence-electron chi connectivity index (χ0n) is 12.0. The van der Waals surface area contributed by atoms with E-state index in [2.05, 4.69) is 9.77 Å². The van der Waals surface area contributed by atoms with E-state index in [1.54, 1.807) is 31.4 Å². The van der Waals surface area contributed by atoms with Gasteiger partial charge in [-0.3, -0.25) is 0 Å². The molecule has 1 aromatic carbocycles. The van der Waals surface area contributed by atoms with Crippen molar-refractivity contribution in [2.45, 2.75) is 5.25 Å². The van der Waals surface area contributed by atoms with Gasteiger partial charge >= 0.3 is 11.4 Å². The lowest BCUT2D eigenvalue weighted by Crippen LogP contribution is -2.30. The number of nitrogens with zero attached hydrogens (tertiary/aromatic N) is 4. The minimum atomic E-state index is -4.54. The first-order valence-electron chi connectivity index (χ1n) is 6.13. The van der Waals surface area contributed by atoms with Crippen LogP contribution in [0, 0.1) is 5.39 Å². The monoisotopic (exact) mass is 335 g/mol. The molecule has 2 N–H and O–H groups in total. The molecule has 23 heavy (non-hydrogen) atoms. The van der Waals surface area contributed by atoms with Crippen LogP contribution in [0.4, 0.5) is 5.69 Å². The molecular weight excluding hydrogens is 322 g/mol. The van der Waals surface area contributed by atoms with Gasteiger partial charge in [0.25, 0.3) is 0 Å². The Morgan fingerprint density at radius 1 is 1.35 bits per heavy atom. The van der Waals surface area contributed by atoms with Crippen molar-refractivity contribution < 1.29 is 22.5 Å². The lowest BCUT2D eigenvalue weighted by Gasteiger charge is -2.14. The van der Waals surface area contributed by atoms with Crippen LogP contribution in [0.15, 0.2) is 48.2 Å². The van der Waals surface area contributed by atoms with Crippen molar-refractivity contribution in [1.29, 1.82) is 5.39 Å². The first-order valence-corrected chi connectivity index (χ1v) is 7.60. The third-order valence-electron chi connectivity index (χ3n) is 2.68. The van der Waals surface area contributed by atoms with Gasteiger partial charge in [0.1, 0.15) is 15.9 Å². The number of rotatable bonds is 2. The van der Waals surface area contributed by atoms with Gasteiger partial charge in [-0.1, -0.05) is 6.08 Å². The lowest BCUT2D eigenvalue weighted by molar-refractivity contribution is -0.00529. The Morgan fingerprint density at radius 2 is 1.96 bits per heavy atom. The smallest absolute Gasteiger partial charge is 0.385 e. The molecule has 0 aromatic heterocycles. The molecule has 0 radical (unpaired) electrons. The second kappa shape index (κ2) is 7.86. The summed E-state index contributed by atoms with van der Waals surface area (Å²) in [4.78, 5) is 5.67. The van der Waals surface area contributed by atoms with E-state index in [1.807, 2.05) is 0 Å². The zero-order chi connectivity index (χ0) is 17.5. The summed E-state index contributed by atoms with van der Waals surface area (Å²) >= 11 is 0. The molecular formula is C13H13N5O4S. The highest BCUT2D eigenvalue weighted by Gasteiger charge is 2.27. The van der Waals surface area contributed by atoms with Crippen molar-refractivity contribution in [3.8, 4) is 5.75 Å². The molecule has 1 atom stereocenters. The molecule has 0 saturated carbocycles. The van der Waals surface area contributed by atoms with E-state index in [0.29, 0.717) is 5.69 Å². The van der Waals surface area contributed by atoms with Crippen molar-refractivity contribution in [2.75, 3.05) is 7.11 Å². The Hall–Kier alpha value is -2.99. The second-order valence-electron chi connectivity index (χ2n) is 4.24. The van der Waals surface area contributed by atoms with E-state index in [0.717, 1.165) is 17.9 Å². The summed E-state index contributed by atoms with van der Waals surface area (Å²) in [5, 5.41) is 6.83. The van der Waals surface area contributed by atoms with Gasteiger partial charge in [-0.05, 0) is 18.2 Å². The molecule has 0 heterocycles. The number of ether oxygens (including phenoxy) is 1. The van der Waals surface area contributed by atoms with Crippen LogP contribution in [0.5, 0.6) is 5.75 Å². The van der Waals surface area contributed by atoms with Gasteiger partial charge in [0.2, 0.25) is 5.39 Å². The largest absolute Gasteiger partial charge is 0.747 e. The number of hydrogen-bond acceptors (Lipinski definition) is 6. The molecule has 1 aliphatic carbocycles. The Labute approximate surface area is 132 Å². The van der Waals surface area contributed by atoms with Crippen LogP contribution in [-0.2, 0) is 10.1 Å². The molecule has 120 valence electrons. The third-order valence-corrected chi connectivity index (χ3v) is 3.70. The lowest BCUT2D eigenvalue weighted by atomic mass is 10.1. The van der Waals surface area contributed by atoms with Crippen LogP contribution >= 0.6 is 0 Å². The number of hydrogen-bond donors (Lipinski definition) is 1. The van der Waals surface area contributed by atoms with Gasteiger partial charge < -0.3 is 20.6 Å². The predicted molar refractivity (Wildman–Crippen MR) is 81.3 cm³/mol. The van der Waals surface area contributed by atoms with Crippen molar-refractivity contribution in [3.63, 3.8) is 0 Å². The van der Waals surface area contributed by atoms with Crippen LogP contribution in [0.25, 0.3) is 10.5 Å². The first-order chi connectivity index (χ1) is 10.8. The Balaban J connectivity index is 0.000000238. The molecule has 0 aliphatic heterocycles. The van der Waals surface area contributed by atoms with E-state index in [4.69, 9.17) is 21.4 Å². The maximum Gasteiger partial charge on any atom is 0.385 e. The Morgan fingerprint density at radius 3 is 2.39 bits per heavy atom. The van der Waals surface area contributed by atoms with Crippen LogP contribution in [0.1, 0.15) is 0 Å². The highest BCUT2D eigenvalue weighted by atomic mass is 32.2. The number of methoxy groups -OCH3 is 1. The first kappa shape index (κ1) is 18.1. The van der Waals surface area contributed by atoms with Crippen molar-refractivity contribution >= 4 is 21.5 Å². The van der Waals surface area contributed by atoms with Crippen molar-refractivity contribution in [1.82, 2.24) is 0 Å². The van der Waals surface area contributed by atoms with Gasteiger partial charge in [-0.2, -0.15) is 4.79 Å². The summed E-state index contributed by atoms with van der Waals surface area (Å²) in [6, 6.07) is 6.79. The van der Waals surface area contributed by atoms with Crippen LogP contribution < -0.4 is 10.5 Å². The van der Waals surface area contributed by atoms with E-state index < -0.39 is 15.4 Å². The van der Waals surface area contributed by atoms with Crippen LogP contribution in [0.2, 0.25) is 0 Å². The molecule has 1 aliphatic rings. The van der Waals surface area contributed by atoms with Crippen molar-refractivity contribution in [3.05, 3.63) is 58.7 Å². The summed E-state index contributed by atoms with van der Waals surface area (Å²) in [5.74, 6) is 0.757. The predicted octanol–water partition coefficient (Wildman–Crippen LogP) is 1.16. The Bertz CT molecular complexity index is 815. The number of nitrogens with two attached hydrogens (primary N) is 1. The molecule has 2 rings (SSSR count). The average molecular weight is 335 g/mol. The van der Waals surface area contributed by atoms with Gasteiger partial charge in [0.05, 0.1) is 7.11 Å². The van der Waals surface area contributed by atoms with Crippen LogP contribution in [0.3, 0.4) is 0 Å². The SMILES string of the molecule is COc1ccc([N+]#N)cc1.[N-]=[N+]=C1C=C(N)C=CC1S(=O)(=O)[O-]. The quantitative estimate of drug-likeness (QED) is 0.370. The molecule has 0 bridgehead atoms. The van der Waals surface area contributed by atoms with E-state index in [-0.39, 0.29) is 11.4 Å². The van der Waals surface area contributed by atoms with Gasteiger partial charge in [0, 0.05) is 23.9 Å². The second-order valence-corrected chi connectivity index (χ2v) is 5.73. The normalized spacial score (nSPS) is 16.3. The topological polar surface area (TPSA) is 157 Å². The fraction of sp³-hybridized carbons (Fsp3) is 0.154. The summed E-state index contributed by atoms with van der Waals surface area (Å²) < 4.78 is 36.7. The van der Waals surface area contributed by atoms with E-state index >= 15 is 0 Å². The highest BCUT2D eigenvalue weighted by Crippen LogP contribution is 2.16.